The van der Waals surface area contributed by atoms with E-state index in [4.69, 9.17) is 14.6 Å². The zero-order valence-corrected chi connectivity index (χ0v) is 8.08. The van der Waals surface area contributed by atoms with Gasteiger partial charge in [0.15, 0.2) is 0 Å². The third kappa shape index (κ3) is 9.26. The number of carbonyl (C=O) groups is 1. The third-order valence-corrected chi connectivity index (χ3v) is 1.29. The van der Waals surface area contributed by atoms with Crippen LogP contribution in [0.5, 0.6) is 0 Å². The van der Waals surface area contributed by atoms with Crippen molar-refractivity contribution >= 4 is 5.91 Å². The molecule has 13 heavy (non-hydrogen) atoms. The summed E-state index contributed by atoms with van der Waals surface area (Å²) in [6.45, 7) is 2.81. The molecule has 0 saturated carbocycles. The molecular formula is C8H17NO4. The van der Waals surface area contributed by atoms with E-state index in [2.05, 4.69) is 5.32 Å². The molecule has 0 aliphatic heterocycles. The minimum atomic E-state index is -0.595. The summed E-state index contributed by atoms with van der Waals surface area (Å²) in [5.74, 6) is -0.0824. The Morgan fingerprint density at radius 1 is 1.54 bits per heavy atom. The smallest absolute Gasteiger partial charge is 0.216 e. The molecule has 1 unspecified atom stereocenters. The quantitative estimate of drug-likeness (QED) is 0.514. The molecule has 0 fully saturated rings. The molecular weight excluding hydrogens is 174 g/mol. The van der Waals surface area contributed by atoms with Crippen LogP contribution in [0.4, 0.5) is 0 Å². The zero-order chi connectivity index (χ0) is 10.1. The fraction of sp³-hybridized carbons (Fsp3) is 0.875. The molecule has 0 aromatic carbocycles. The molecule has 0 bridgehead atoms. The van der Waals surface area contributed by atoms with Crippen LogP contribution in [-0.4, -0.2) is 50.6 Å². The van der Waals surface area contributed by atoms with Gasteiger partial charge in [-0.25, -0.2) is 0 Å². The Bertz CT molecular complexity index is 140. The second kappa shape index (κ2) is 7.97. The van der Waals surface area contributed by atoms with Gasteiger partial charge >= 0.3 is 0 Å². The minimum absolute atomic E-state index is 0.0824. The number of hydrogen-bond donors (Lipinski definition) is 2. The van der Waals surface area contributed by atoms with E-state index in [-0.39, 0.29) is 19.1 Å². The Hall–Kier alpha value is -0.650. The highest BCUT2D eigenvalue weighted by atomic mass is 16.5. The maximum absolute atomic E-state index is 10.4. The lowest BCUT2D eigenvalue weighted by Crippen LogP contribution is -2.27. The van der Waals surface area contributed by atoms with Crippen LogP contribution in [0.15, 0.2) is 0 Å². The average molecular weight is 191 g/mol. The number of hydrogen-bond acceptors (Lipinski definition) is 4. The Morgan fingerprint density at radius 3 is 2.77 bits per heavy atom. The molecule has 5 nitrogen and oxygen atoms in total. The van der Waals surface area contributed by atoms with Crippen molar-refractivity contribution < 1.29 is 19.4 Å². The maximum atomic E-state index is 10.4. The molecule has 0 aromatic heterocycles. The van der Waals surface area contributed by atoms with Crippen LogP contribution in [0.2, 0.25) is 0 Å². The van der Waals surface area contributed by atoms with E-state index in [1.165, 1.54) is 14.0 Å². The van der Waals surface area contributed by atoms with E-state index in [0.717, 1.165) is 0 Å². The molecule has 0 heterocycles. The first-order chi connectivity index (χ1) is 6.16. The monoisotopic (exact) mass is 191 g/mol. The van der Waals surface area contributed by atoms with E-state index in [1.807, 2.05) is 0 Å². The van der Waals surface area contributed by atoms with E-state index in [1.54, 1.807) is 0 Å². The summed E-state index contributed by atoms with van der Waals surface area (Å²) in [5, 5.41) is 11.7. The largest absolute Gasteiger partial charge is 0.388 e. The number of ether oxygens (including phenoxy) is 2. The summed E-state index contributed by atoms with van der Waals surface area (Å²) >= 11 is 0. The van der Waals surface area contributed by atoms with Crippen molar-refractivity contribution in [2.24, 2.45) is 0 Å². The van der Waals surface area contributed by atoms with Crippen molar-refractivity contribution in [3.63, 3.8) is 0 Å². The van der Waals surface area contributed by atoms with Gasteiger partial charge in [-0.15, -0.1) is 0 Å². The molecule has 2 N–H and O–H groups in total. The number of aliphatic hydroxyl groups is 1. The van der Waals surface area contributed by atoms with Gasteiger partial charge in [-0.3, -0.25) is 4.79 Å². The van der Waals surface area contributed by atoms with Gasteiger partial charge in [0.25, 0.3) is 0 Å². The van der Waals surface area contributed by atoms with Crippen LogP contribution in [0.25, 0.3) is 0 Å². The number of amides is 1. The predicted molar refractivity (Wildman–Crippen MR) is 47.4 cm³/mol. The Balaban J connectivity index is 3.11. The molecule has 78 valence electrons. The SMILES string of the molecule is COCC(O)COCCNC(C)=O. The van der Waals surface area contributed by atoms with Crippen molar-refractivity contribution in [2.75, 3.05) is 33.5 Å². The summed E-state index contributed by atoms with van der Waals surface area (Å²) in [7, 11) is 1.51. The molecule has 0 aromatic rings. The van der Waals surface area contributed by atoms with E-state index in [0.29, 0.717) is 13.2 Å². The van der Waals surface area contributed by atoms with E-state index < -0.39 is 6.10 Å². The van der Waals surface area contributed by atoms with E-state index in [9.17, 15) is 4.79 Å². The Morgan fingerprint density at radius 2 is 2.23 bits per heavy atom. The van der Waals surface area contributed by atoms with Crippen LogP contribution in [-0.2, 0) is 14.3 Å². The highest BCUT2D eigenvalue weighted by Crippen LogP contribution is 1.85. The van der Waals surface area contributed by atoms with Gasteiger partial charge in [0.2, 0.25) is 5.91 Å². The zero-order valence-electron chi connectivity index (χ0n) is 8.08. The van der Waals surface area contributed by atoms with Gasteiger partial charge in [-0.05, 0) is 0 Å². The van der Waals surface area contributed by atoms with Crippen molar-refractivity contribution in [1.29, 1.82) is 0 Å². The average Bonchev–Trinajstić information content (AvgIpc) is 2.03. The summed E-state index contributed by atoms with van der Waals surface area (Å²) < 4.78 is 9.75. The number of aliphatic hydroxyl groups excluding tert-OH is 1. The lowest BCUT2D eigenvalue weighted by molar-refractivity contribution is -0.119. The second-order valence-electron chi connectivity index (χ2n) is 2.67. The number of carbonyl (C=O) groups excluding carboxylic acids is 1. The molecule has 0 aliphatic carbocycles. The van der Waals surface area contributed by atoms with Gasteiger partial charge < -0.3 is 19.9 Å². The first kappa shape index (κ1) is 12.3. The minimum Gasteiger partial charge on any atom is -0.388 e. The Kier molecular flexibility index (Phi) is 7.57. The second-order valence-corrected chi connectivity index (χ2v) is 2.67. The lowest BCUT2D eigenvalue weighted by atomic mass is 10.4. The standard InChI is InChI=1S/C8H17NO4/c1-7(10)9-3-4-13-6-8(11)5-12-2/h8,11H,3-6H2,1-2H3,(H,9,10). The van der Waals surface area contributed by atoms with Crippen molar-refractivity contribution in [3.8, 4) is 0 Å². The van der Waals surface area contributed by atoms with Crippen molar-refractivity contribution in [1.82, 2.24) is 5.32 Å². The molecule has 0 saturated heterocycles. The number of nitrogens with one attached hydrogen (secondary N) is 1. The summed E-state index contributed by atoms with van der Waals surface area (Å²) in [4.78, 5) is 10.4. The van der Waals surface area contributed by atoms with Crippen LogP contribution in [0.3, 0.4) is 0 Å². The fourth-order valence-electron chi connectivity index (χ4n) is 0.759. The van der Waals surface area contributed by atoms with Crippen LogP contribution in [0, 0.1) is 0 Å². The molecule has 0 rings (SSSR count). The highest BCUT2D eigenvalue weighted by Gasteiger charge is 2.02. The molecule has 0 aliphatic rings. The van der Waals surface area contributed by atoms with Gasteiger partial charge in [-0.1, -0.05) is 0 Å². The molecule has 1 amide bonds. The first-order valence-electron chi connectivity index (χ1n) is 4.16. The predicted octanol–water partition coefficient (Wildman–Crippen LogP) is -0.854. The molecule has 1 atom stereocenters. The Labute approximate surface area is 78.0 Å². The van der Waals surface area contributed by atoms with Crippen LogP contribution >= 0.6 is 0 Å². The van der Waals surface area contributed by atoms with Crippen LogP contribution < -0.4 is 5.32 Å². The summed E-state index contributed by atoms with van der Waals surface area (Å²) in [5.41, 5.74) is 0. The van der Waals surface area contributed by atoms with Gasteiger partial charge in [0.05, 0.1) is 19.8 Å². The number of methoxy groups -OCH3 is 1. The van der Waals surface area contributed by atoms with Gasteiger partial charge in [0.1, 0.15) is 6.10 Å². The summed E-state index contributed by atoms with van der Waals surface area (Å²) in [6, 6.07) is 0. The van der Waals surface area contributed by atoms with Crippen LogP contribution in [0.1, 0.15) is 6.92 Å². The molecule has 0 radical (unpaired) electrons. The van der Waals surface area contributed by atoms with E-state index >= 15 is 0 Å². The maximum Gasteiger partial charge on any atom is 0.216 e. The van der Waals surface area contributed by atoms with Crippen molar-refractivity contribution in [2.45, 2.75) is 13.0 Å². The van der Waals surface area contributed by atoms with Gasteiger partial charge in [0, 0.05) is 20.6 Å². The van der Waals surface area contributed by atoms with Crippen molar-refractivity contribution in [3.05, 3.63) is 0 Å². The topological polar surface area (TPSA) is 67.8 Å². The fourth-order valence-corrected chi connectivity index (χ4v) is 0.759. The number of rotatable bonds is 7. The van der Waals surface area contributed by atoms with Gasteiger partial charge in [-0.2, -0.15) is 0 Å². The summed E-state index contributed by atoms with van der Waals surface area (Å²) in [6.07, 6.45) is -0.595. The molecule has 5 heteroatoms. The normalized spacial score (nSPS) is 12.5. The molecule has 0 spiro atoms. The first-order valence-corrected chi connectivity index (χ1v) is 4.16. The lowest BCUT2D eigenvalue weighted by Gasteiger charge is -2.09. The highest BCUT2D eigenvalue weighted by molar-refractivity contribution is 5.72. The third-order valence-electron chi connectivity index (χ3n) is 1.29.